The van der Waals surface area contributed by atoms with Crippen LogP contribution in [0.4, 0.5) is 4.39 Å². The van der Waals surface area contributed by atoms with Crippen molar-refractivity contribution in [1.82, 2.24) is 5.32 Å². The predicted molar refractivity (Wildman–Crippen MR) is 88.6 cm³/mol. The van der Waals surface area contributed by atoms with Gasteiger partial charge < -0.3 is 15.8 Å². The van der Waals surface area contributed by atoms with E-state index >= 15 is 0 Å². The first-order valence-corrected chi connectivity index (χ1v) is 7.57. The highest BCUT2D eigenvalue weighted by atomic mass is 35.5. The van der Waals surface area contributed by atoms with Crippen LogP contribution in [-0.2, 0) is 11.2 Å². The molecule has 0 aliphatic heterocycles. The van der Waals surface area contributed by atoms with Crippen LogP contribution < -0.4 is 15.8 Å². The van der Waals surface area contributed by atoms with Crippen molar-refractivity contribution in [2.75, 3.05) is 13.2 Å². The monoisotopic (exact) mass is 350 g/mol. The highest BCUT2D eigenvalue weighted by Crippen LogP contribution is 2.22. The van der Waals surface area contributed by atoms with Gasteiger partial charge in [0.05, 0.1) is 5.56 Å². The third-order valence-electron chi connectivity index (χ3n) is 3.24. The van der Waals surface area contributed by atoms with Crippen molar-refractivity contribution < 1.29 is 18.7 Å². The van der Waals surface area contributed by atoms with E-state index in [4.69, 9.17) is 22.1 Å². The Morgan fingerprint density at radius 1 is 1.21 bits per heavy atom. The topological polar surface area (TPSA) is 81.4 Å². The summed E-state index contributed by atoms with van der Waals surface area (Å²) in [6, 6.07) is 10.7. The molecule has 0 aromatic heterocycles. The first kappa shape index (κ1) is 17.7. The van der Waals surface area contributed by atoms with Crippen molar-refractivity contribution in [3.63, 3.8) is 0 Å². The third kappa shape index (κ3) is 4.96. The Bertz CT molecular complexity index is 752. The maximum Gasteiger partial charge on any atom is 0.257 e. The second-order valence-electron chi connectivity index (χ2n) is 4.98. The summed E-state index contributed by atoms with van der Waals surface area (Å²) in [5, 5.41) is 2.95. The van der Waals surface area contributed by atoms with Crippen molar-refractivity contribution in [3.8, 4) is 5.75 Å². The average Bonchev–Trinajstić information content (AvgIpc) is 2.55. The number of benzene rings is 2. The Labute approximate surface area is 143 Å². The number of carbonyl (C=O) groups is 2. The highest BCUT2D eigenvalue weighted by Gasteiger charge is 2.12. The summed E-state index contributed by atoms with van der Waals surface area (Å²) >= 11 is 5.79. The van der Waals surface area contributed by atoms with Crippen LogP contribution in [0.1, 0.15) is 15.9 Å². The van der Waals surface area contributed by atoms with Gasteiger partial charge in [0.1, 0.15) is 11.6 Å². The van der Waals surface area contributed by atoms with E-state index in [0.29, 0.717) is 17.0 Å². The summed E-state index contributed by atoms with van der Waals surface area (Å²) < 4.78 is 18.7. The van der Waals surface area contributed by atoms with Crippen LogP contribution in [0.15, 0.2) is 42.5 Å². The molecule has 0 spiro atoms. The van der Waals surface area contributed by atoms with E-state index in [1.165, 1.54) is 24.3 Å². The first-order chi connectivity index (χ1) is 11.5. The number of amides is 2. The van der Waals surface area contributed by atoms with Crippen LogP contribution >= 0.6 is 11.6 Å². The second kappa shape index (κ2) is 8.31. The minimum absolute atomic E-state index is 0.0988. The smallest absolute Gasteiger partial charge is 0.257 e. The molecule has 0 saturated heterocycles. The Balaban J connectivity index is 1.84. The standard InChI is InChI=1S/C17H16ClFN2O3/c18-12-5-6-15(13(9-12)17(20)23)24-10-16(22)21-8-7-11-3-1-2-4-14(11)19/h1-6,9H,7-8,10H2,(H2,20,23)(H,21,22). The van der Waals surface area contributed by atoms with Crippen molar-refractivity contribution >= 4 is 23.4 Å². The molecule has 5 nitrogen and oxygen atoms in total. The number of halogens is 2. The molecule has 0 bridgehead atoms. The van der Waals surface area contributed by atoms with Gasteiger partial charge in [-0.05, 0) is 36.2 Å². The van der Waals surface area contributed by atoms with E-state index in [9.17, 15) is 14.0 Å². The Kier molecular flexibility index (Phi) is 6.14. The summed E-state index contributed by atoms with van der Waals surface area (Å²) in [6.45, 7) is -0.0222. The predicted octanol–water partition coefficient (Wildman–Crippen LogP) is 2.32. The number of primary amides is 1. The van der Waals surface area contributed by atoms with Gasteiger partial charge in [0.25, 0.3) is 11.8 Å². The van der Waals surface area contributed by atoms with Gasteiger partial charge in [-0.1, -0.05) is 29.8 Å². The van der Waals surface area contributed by atoms with E-state index in [-0.39, 0.29) is 30.3 Å². The molecule has 24 heavy (non-hydrogen) atoms. The maximum absolute atomic E-state index is 13.4. The fourth-order valence-electron chi connectivity index (χ4n) is 2.05. The van der Waals surface area contributed by atoms with Crippen LogP contribution in [0.5, 0.6) is 5.75 Å². The fraction of sp³-hybridized carbons (Fsp3) is 0.176. The number of hydrogen-bond donors (Lipinski definition) is 2. The zero-order valence-electron chi connectivity index (χ0n) is 12.7. The summed E-state index contributed by atoms with van der Waals surface area (Å²) in [5.74, 6) is -1.23. The number of nitrogens with one attached hydrogen (secondary N) is 1. The third-order valence-corrected chi connectivity index (χ3v) is 3.48. The van der Waals surface area contributed by atoms with Crippen molar-refractivity contribution in [2.45, 2.75) is 6.42 Å². The number of ether oxygens (including phenoxy) is 1. The minimum Gasteiger partial charge on any atom is -0.483 e. The normalized spacial score (nSPS) is 10.2. The molecule has 2 rings (SSSR count). The van der Waals surface area contributed by atoms with Gasteiger partial charge in [0, 0.05) is 11.6 Å². The van der Waals surface area contributed by atoms with Gasteiger partial charge in [0.2, 0.25) is 0 Å². The molecule has 2 amide bonds. The molecule has 126 valence electrons. The van der Waals surface area contributed by atoms with Gasteiger partial charge in [-0.15, -0.1) is 0 Å². The largest absolute Gasteiger partial charge is 0.483 e. The fourth-order valence-corrected chi connectivity index (χ4v) is 2.22. The number of nitrogens with two attached hydrogens (primary N) is 1. The molecular formula is C17H16ClFN2O3. The summed E-state index contributed by atoms with van der Waals surface area (Å²) in [7, 11) is 0. The summed E-state index contributed by atoms with van der Waals surface area (Å²) in [4.78, 5) is 23.1. The molecule has 0 atom stereocenters. The molecule has 2 aromatic rings. The molecule has 0 aliphatic carbocycles. The van der Waals surface area contributed by atoms with E-state index in [0.717, 1.165) is 0 Å². The lowest BCUT2D eigenvalue weighted by Gasteiger charge is -2.10. The van der Waals surface area contributed by atoms with E-state index < -0.39 is 11.8 Å². The Morgan fingerprint density at radius 3 is 2.67 bits per heavy atom. The Hall–Kier alpha value is -2.60. The first-order valence-electron chi connectivity index (χ1n) is 7.19. The quantitative estimate of drug-likeness (QED) is 0.804. The van der Waals surface area contributed by atoms with E-state index in [2.05, 4.69) is 5.32 Å². The lowest BCUT2D eigenvalue weighted by atomic mass is 10.1. The molecule has 2 aromatic carbocycles. The minimum atomic E-state index is -0.701. The number of rotatable bonds is 7. The zero-order chi connectivity index (χ0) is 17.5. The molecule has 3 N–H and O–H groups in total. The molecule has 0 aliphatic rings. The van der Waals surface area contributed by atoms with Crippen LogP contribution in [0, 0.1) is 5.82 Å². The lowest BCUT2D eigenvalue weighted by molar-refractivity contribution is -0.123. The zero-order valence-corrected chi connectivity index (χ0v) is 13.5. The molecule has 0 saturated carbocycles. The molecule has 7 heteroatoms. The van der Waals surface area contributed by atoms with Crippen LogP contribution in [0.3, 0.4) is 0 Å². The van der Waals surface area contributed by atoms with Gasteiger partial charge >= 0.3 is 0 Å². The van der Waals surface area contributed by atoms with Gasteiger partial charge in [-0.25, -0.2) is 4.39 Å². The van der Waals surface area contributed by atoms with Gasteiger partial charge in [-0.2, -0.15) is 0 Å². The number of carbonyl (C=O) groups excluding carboxylic acids is 2. The number of hydrogen-bond acceptors (Lipinski definition) is 3. The van der Waals surface area contributed by atoms with Crippen LogP contribution in [0.2, 0.25) is 5.02 Å². The Morgan fingerprint density at radius 2 is 1.96 bits per heavy atom. The summed E-state index contributed by atoms with van der Waals surface area (Å²) in [6.07, 6.45) is 0.367. The van der Waals surface area contributed by atoms with Crippen molar-refractivity contribution in [2.24, 2.45) is 5.73 Å². The molecule has 0 fully saturated rings. The second-order valence-corrected chi connectivity index (χ2v) is 5.42. The SMILES string of the molecule is NC(=O)c1cc(Cl)ccc1OCC(=O)NCCc1ccccc1F. The molecular weight excluding hydrogens is 335 g/mol. The highest BCUT2D eigenvalue weighted by molar-refractivity contribution is 6.31. The van der Waals surface area contributed by atoms with E-state index in [1.807, 2.05) is 0 Å². The van der Waals surface area contributed by atoms with Gasteiger partial charge in [0.15, 0.2) is 6.61 Å². The molecule has 0 heterocycles. The van der Waals surface area contributed by atoms with Crippen molar-refractivity contribution in [3.05, 3.63) is 64.4 Å². The van der Waals surface area contributed by atoms with Crippen molar-refractivity contribution in [1.29, 1.82) is 0 Å². The van der Waals surface area contributed by atoms with Crippen LogP contribution in [0.25, 0.3) is 0 Å². The maximum atomic E-state index is 13.4. The van der Waals surface area contributed by atoms with E-state index in [1.54, 1.807) is 18.2 Å². The summed E-state index contributed by atoms with van der Waals surface area (Å²) in [5.41, 5.74) is 5.85. The van der Waals surface area contributed by atoms with Crippen LogP contribution in [-0.4, -0.2) is 25.0 Å². The average molecular weight is 351 g/mol. The van der Waals surface area contributed by atoms with Gasteiger partial charge in [-0.3, -0.25) is 9.59 Å². The molecule has 0 unspecified atom stereocenters. The molecule has 0 radical (unpaired) electrons. The lowest BCUT2D eigenvalue weighted by Crippen LogP contribution is -2.31.